The molecule has 1 nitrogen and oxygen atoms in total. The molecular weight excluding hydrogens is 242 g/mol. The summed E-state index contributed by atoms with van der Waals surface area (Å²) in [5, 5.41) is 0. The summed E-state index contributed by atoms with van der Waals surface area (Å²) < 4.78 is 0. The van der Waals surface area contributed by atoms with Crippen LogP contribution >= 0.6 is 0 Å². The second-order valence-electron chi connectivity index (χ2n) is 7.69. The molecule has 6 atom stereocenters. The van der Waals surface area contributed by atoms with Crippen molar-refractivity contribution in [2.75, 3.05) is 0 Å². The largest absolute Gasteiger partial charge is 0.324 e. The second kappa shape index (κ2) is 4.59. The summed E-state index contributed by atoms with van der Waals surface area (Å²) in [5.41, 5.74) is 8.73. The number of hydrogen-bond donors (Lipinski definition) is 1. The van der Waals surface area contributed by atoms with E-state index in [0.717, 1.165) is 23.7 Å². The maximum absolute atomic E-state index is 7.13. The zero-order valence-electron chi connectivity index (χ0n) is 12.6. The van der Waals surface area contributed by atoms with E-state index in [2.05, 4.69) is 37.3 Å². The summed E-state index contributed by atoms with van der Waals surface area (Å²) in [6, 6.07) is 11.2. The van der Waals surface area contributed by atoms with Crippen LogP contribution < -0.4 is 5.73 Å². The second-order valence-corrected chi connectivity index (χ2v) is 7.69. The molecule has 2 N–H and O–H groups in total. The van der Waals surface area contributed by atoms with Gasteiger partial charge in [-0.15, -0.1) is 0 Å². The van der Waals surface area contributed by atoms with Gasteiger partial charge >= 0.3 is 0 Å². The van der Waals surface area contributed by atoms with Crippen LogP contribution in [0.2, 0.25) is 0 Å². The van der Waals surface area contributed by atoms with Crippen LogP contribution in [0.15, 0.2) is 30.3 Å². The van der Waals surface area contributed by atoms with Gasteiger partial charge in [-0.25, -0.2) is 0 Å². The Kier molecular flexibility index (Phi) is 2.96. The summed E-state index contributed by atoms with van der Waals surface area (Å²) in [5.74, 6) is 4.10. The third kappa shape index (κ3) is 1.72. The number of hydrogen-bond acceptors (Lipinski definition) is 1. The normalized spacial score (nSPS) is 45.8. The topological polar surface area (TPSA) is 26.0 Å². The van der Waals surface area contributed by atoms with Gasteiger partial charge in [-0.1, -0.05) is 43.7 Å². The molecule has 1 aromatic carbocycles. The fraction of sp³-hybridized carbons (Fsp3) is 0.684. The van der Waals surface area contributed by atoms with E-state index in [0.29, 0.717) is 5.92 Å². The molecule has 1 heteroatoms. The van der Waals surface area contributed by atoms with E-state index in [4.69, 9.17) is 5.73 Å². The highest BCUT2D eigenvalue weighted by Crippen LogP contribution is 2.63. The standard InChI is InChI=1S/C19H27N/c1-2-6-17-15-9-13-10-16(11-15)18(19(17,20)12-13)14-7-4-3-5-8-14/h3-5,7-8,13,15-18H,2,6,9-12,20H2,1H3/t13?,15?,16?,17?,18?,19-/m0/s1. The first-order valence-corrected chi connectivity index (χ1v) is 8.56. The minimum atomic E-state index is 0.0894. The fourth-order valence-corrected chi connectivity index (χ4v) is 6.25. The maximum atomic E-state index is 7.13. The van der Waals surface area contributed by atoms with Crippen molar-refractivity contribution in [2.24, 2.45) is 29.4 Å². The molecule has 0 aliphatic heterocycles. The van der Waals surface area contributed by atoms with E-state index >= 15 is 0 Å². The molecule has 0 radical (unpaired) electrons. The highest BCUT2D eigenvalue weighted by atomic mass is 14.9. The molecule has 108 valence electrons. The molecule has 4 saturated carbocycles. The van der Waals surface area contributed by atoms with Crippen LogP contribution in [0, 0.1) is 23.7 Å². The van der Waals surface area contributed by atoms with Crippen LogP contribution in [-0.4, -0.2) is 5.54 Å². The highest BCUT2D eigenvalue weighted by Gasteiger charge is 2.60. The van der Waals surface area contributed by atoms with E-state index < -0.39 is 0 Å². The molecule has 0 spiro atoms. The molecule has 0 aromatic heterocycles. The van der Waals surface area contributed by atoms with Gasteiger partial charge in [0.25, 0.3) is 0 Å². The van der Waals surface area contributed by atoms with Crippen molar-refractivity contribution in [3.8, 4) is 0 Å². The zero-order chi connectivity index (χ0) is 13.7. The fourth-order valence-electron chi connectivity index (χ4n) is 6.25. The van der Waals surface area contributed by atoms with Crippen LogP contribution in [0.4, 0.5) is 0 Å². The van der Waals surface area contributed by atoms with Crippen LogP contribution in [0.25, 0.3) is 0 Å². The summed E-state index contributed by atoms with van der Waals surface area (Å²) in [6.45, 7) is 2.33. The van der Waals surface area contributed by atoms with Crippen molar-refractivity contribution >= 4 is 0 Å². The van der Waals surface area contributed by atoms with Gasteiger partial charge in [0.1, 0.15) is 0 Å². The lowest BCUT2D eigenvalue weighted by Gasteiger charge is -2.64. The Hall–Kier alpha value is -0.820. The monoisotopic (exact) mass is 269 g/mol. The van der Waals surface area contributed by atoms with Gasteiger partial charge < -0.3 is 5.73 Å². The summed E-state index contributed by atoms with van der Waals surface area (Å²) in [6.07, 6.45) is 8.26. The van der Waals surface area contributed by atoms with Crippen LogP contribution in [-0.2, 0) is 0 Å². The van der Waals surface area contributed by atoms with Gasteiger partial charge in [0.15, 0.2) is 0 Å². The Labute approximate surface area is 122 Å². The van der Waals surface area contributed by atoms with Crippen LogP contribution in [0.1, 0.15) is 56.9 Å². The average molecular weight is 269 g/mol. The van der Waals surface area contributed by atoms with E-state index in [1.54, 1.807) is 0 Å². The molecule has 5 rings (SSSR count). The van der Waals surface area contributed by atoms with Gasteiger partial charge in [-0.05, 0) is 61.3 Å². The number of nitrogens with two attached hydrogens (primary N) is 1. The SMILES string of the molecule is CCCC1C2CC3CC(C2)C(c2ccccc2)[C@]1(N)C3. The molecule has 5 unspecified atom stereocenters. The Morgan fingerprint density at radius 1 is 1.10 bits per heavy atom. The van der Waals surface area contributed by atoms with Crippen molar-refractivity contribution in [3.05, 3.63) is 35.9 Å². The third-order valence-electron chi connectivity index (χ3n) is 6.59. The molecule has 0 saturated heterocycles. The van der Waals surface area contributed by atoms with E-state index in [1.165, 1.54) is 44.1 Å². The molecule has 1 aromatic rings. The molecule has 4 aliphatic carbocycles. The Bertz CT molecular complexity index is 482. The van der Waals surface area contributed by atoms with Crippen LogP contribution in [0.3, 0.4) is 0 Å². The van der Waals surface area contributed by atoms with E-state index in [9.17, 15) is 0 Å². The highest BCUT2D eigenvalue weighted by molar-refractivity contribution is 5.30. The van der Waals surface area contributed by atoms with Crippen molar-refractivity contribution in [3.63, 3.8) is 0 Å². The molecule has 0 heterocycles. The minimum Gasteiger partial charge on any atom is -0.324 e. The maximum Gasteiger partial charge on any atom is 0.0260 e. The Balaban J connectivity index is 1.75. The molecule has 4 aliphatic rings. The van der Waals surface area contributed by atoms with Crippen molar-refractivity contribution in [2.45, 2.75) is 56.9 Å². The van der Waals surface area contributed by atoms with Gasteiger partial charge in [-0.2, -0.15) is 0 Å². The van der Waals surface area contributed by atoms with Crippen molar-refractivity contribution in [1.29, 1.82) is 0 Å². The first kappa shape index (κ1) is 12.9. The molecule has 4 fully saturated rings. The quantitative estimate of drug-likeness (QED) is 0.868. The van der Waals surface area contributed by atoms with Crippen LogP contribution in [0.5, 0.6) is 0 Å². The first-order valence-electron chi connectivity index (χ1n) is 8.56. The molecule has 0 amide bonds. The predicted molar refractivity (Wildman–Crippen MR) is 83.4 cm³/mol. The van der Waals surface area contributed by atoms with Crippen molar-refractivity contribution < 1.29 is 0 Å². The lowest BCUT2D eigenvalue weighted by atomic mass is 9.43. The Morgan fingerprint density at radius 2 is 1.85 bits per heavy atom. The summed E-state index contributed by atoms with van der Waals surface area (Å²) >= 11 is 0. The van der Waals surface area contributed by atoms with E-state index in [-0.39, 0.29) is 5.54 Å². The lowest BCUT2D eigenvalue weighted by molar-refractivity contribution is -0.0777. The Morgan fingerprint density at radius 3 is 2.60 bits per heavy atom. The lowest BCUT2D eigenvalue weighted by Crippen LogP contribution is -2.66. The van der Waals surface area contributed by atoms with Gasteiger partial charge in [0, 0.05) is 11.5 Å². The molecular formula is C19H27N. The first-order chi connectivity index (χ1) is 9.72. The smallest absolute Gasteiger partial charge is 0.0260 e. The third-order valence-corrected chi connectivity index (χ3v) is 6.59. The zero-order valence-corrected chi connectivity index (χ0v) is 12.6. The van der Waals surface area contributed by atoms with Crippen molar-refractivity contribution in [1.82, 2.24) is 0 Å². The minimum absolute atomic E-state index is 0.0894. The van der Waals surface area contributed by atoms with Gasteiger partial charge in [0.2, 0.25) is 0 Å². The number of rotatable bonds is 3. The summed E-state index contributed by atoms with van der Waals surface area (Å²) in [4.78, 5) is 0. The van der Waals surface area contributed by atoms with Gasteiger partial charge in [0.05, 0.1) is 0 Å². The predicted octanol–water partition coefficient (Wildman–Crippen LogP) is 4.33. The number of benzene rings is 1. The van der Waals surface area contributed by atoms with Gasteiger partial charge in [-0.3, -0.25) is 0 Å². The average Bonchev–Trinajstić information content (AvgIpc) is 2.43. The van der Waals surface area contributed by atoms with E-state index in [1.807, 2.05) is 0 Å². The summed E-state index contributed by atoms with van der Waals surface area (Å²) in [7, 11) is 0. The molecule has 4 bridgehead atoms. The molecule has 20 heavy (non-hydrogen) atoms.